The van der Waals surface area contributed by atoms with Gasteiger partial charge in [-0.1, -0.05) is 47.0 Å². The summed E-state index contributed by atoms with van der Waals surface area (Å²) >= 11 is 0. The van der Waals surface area contributed by atoms with Crippen molar-refractivity contribution in [1.82, 2.24) is 0 Å². The summed E-state index contributed by atoms with van der Waals surface area (Å²) in [7, 11) is 0. The standard InChI is InChI=1S/C17H21N/c1-12-5-7-17(8-6-12)18-15(4)16-10-13(2)9-14(3)11-16/h5-11,15,18H,1-4H3/t15-/m1/s1. The molecule has 0 radical (unpaired) electrons. The van der Waals surface area contributed by atoms with Crippen LogP contribution in [-0.2, 0) is 0 Å². The Kier molecular flexibility index (Phi) is 3.71. The molecule has 0 bridgehead atoms. The lowest BCUT2D eigenvalue weighted by Gasteiger charge is -2.17. The monoisotopic (exact) mass is 239 g/mol. The second-order valence-electron chi connectivity index (χ2n) is 5.15. The van der Waals surface area contributed by atoms with Gasteiger partial charge in [0, 0.05) is 11.7 Å². The van der Waals surface area contributed by atoms with Gasteiger partial charge in [-0.2, -0.15) is 0 Å². The number of rotatable bonds is 3. The number of aryl methyl sites for hydroxylation is 3. The van der Waals surface area contributed by atoms with Crippen LogP contribution in [0.1, 0.15) is 35.2 Å². The summed E-state index contributed by atoms with van der Waals surface area (Å²) in [5, 5.41) is 3.54. The predicted molar refractivity (Wildman–Crippen MR) is 79.1 cm³/mol. The molecule has 0 amide bonds. The molecule has 0 aliphatic carbocycles. The summed E-state index contributed by atoms with van der Waals surface area (Å²) in [6, 6.07) is 15.6. The van der Waals surface area contributed by atoms with Crippen LogP contribution in [0.3, 0.4) is 0 Å². The molecule has 0 aliphatic heterocycles. The first kappa shape index (κ1) is 12.7. The summed E-state index contributed by atoms with van der Waals surface area (Å²) in [5.41, 5.74) is 6.45. The Labute approximate surface area is 110 Å². The fourth-order valence-corrected chi connectivity index (χ4v) is 2.24. The zero-order valence-corrected chi connectivity index (χ0v) is 11.6. The fourth-order valence-electron chi connectivity index (χ4n) is 2.24. The lowest BCUT2D eigenvalue weighted by atomic mass is 10.0. The van der Waals surface area contributed by atoms with Crippen LogP contribution in [0.15, 0.2) is 42.5 Å². The van der Waals surface area contributed by atoms with Gasteiger partial charge in [-0.3, -0.25) is 0 Å². The molecule has 1 heteroatoms. The Morgan fingerprint density at radius 3 is 1.89 bits per heavy atom. The molecule has 0 saturated carbocycles. The summed E-state index contributed by atoms with van der Waals surface area (Å²) in [4.78, 5) is 0. The van der Waals surface area contributed by atoms with Crippen LogP contribution < -0.4 is 5.32 Å². The van der Waals surface area contributed by atoms with Crippen molar-refractivity contribution in [2.45, 2.75) is 33.7 Å². The highest BCUT2D eigenvalue weighted by atomic mass is 14.9. The third-order valence-electron chi connectivity index (χ3n) is 3.18. The van der Waals surface area contributed by atoms with E-state index in [1.54, 1.807) is 0 Å². The largest absolute Gasteiger partial charge is 0.379 e. The van der Waals surface area contributed by atoms with Crippen LogP contribution in [0.5, 0.6) is 0 Å². The lowest BCUT2D eigenvalue weighted by Crippen LogP contribution is -2.07. The molecular formula is C17H21N. The average molecular weight is 239 g/mol. The molecule has 2 aromatic rings. The molecular weight excluding hydrogens is 218 g/mol. The van der Waals surface area contributed by atoms with Crippen molar-refractivity contribution in [2.75, 3.05) is 5.32 Å². The molecule has 0 fully saturated rings. The highest BCUT2D eigenvalue weighted by Gasteiger charge is 2.06. The van der Waals surface area contributed by atoms with Crippen molar-refractivity contribution in [2.24, 2.45) is 0 Å². The number of benzene rings is 2. The lowest BCUT2D eigenvalue weighted by molar-refractivity contribution is 0.880. The van der Waals surface area contributed by atoms with Gasteiger partial charge in [0.05, 0.1) is 0 Å². The van der Waals surface area contributed by atoms with Gasteiger partial charge in [0.15, 0.2) is 0 Å². The zero-order valence-electron chi connectivity index (χ0n) is 11.6. The number of hydrogen-bond acceptors (Lipinski definition) is 1. The van der Waals surface area contributed by atoms with Crippen molar-refractivity contribution in [3.63, 3.8) is 0 Å². The van der Waals surface area contributed by atoms with E-state index in [4.69, 9.17) is 0 Å². The Morgan fingerprint density at radius 2 is 1.33 bits per heavy atom. The minimum Gasteiger partial charge on any atom is -0.379 e. The number of nitrogens with one attached hydrogen (secondary N) is 1. The van der Waals surface area contributed by atoms with Gasteiger partial charge in [-0.15, -0.1) is 0 Å². The number of anilines is 1. The quantitative estimate of drug-likeness (QED) is 0.812. The minimum absolute atomic E-state index is 0.325. The van der Waals surface area contributed by atoms with Crippen molar-refractivity contribution >= 4 is 5.69 Å². The van der Waals surface area contributed by atoms with E-state index in [9.17, 15) is 0 Å². The molecule has 2 aromatic carbocycles. The maximum Gasteiger partial charge on any atom is 0.0485 e. The first-order valence-corrected chi connectivity index (χ1v) is 6.46. The van der Waals surface area contributed by atoms with Crippen LogP contribution >= 0.6 is 0 Å². The summed E-state index contributed by atoms with van der Waals surface area (Å²) in [6.07, 6.45) is 0. The highest BCUT2D eigenvalue weighted by molar-refractivity contribution is 5.47. The fraction of sp³-hybridized carbons (Fsp3) is 0.294. The predicted octanol–water partition coefficient (Wildman–Crippen LogP) is 4.78. The second-order valence-corrected chi connectivity index (χ2v) is 5.15. The molecule has 1 N–H and O–H groups in total. The third kappa shape index (κ3) is 3.13. The maximum absolute atomic E-state index is 3.54. The van der Waals surface area contributed by atoms with Gasteiger partial charge < -0.3 is 5.32 Å². The van der Waals surface area contributed by atoms with E-state index in [0.717, 1.165) is 0 Å². The minimum atomic E-state index is 0.325. The highest BCUT2D eigenvalue weighted by Crippen LogP contribution is 2.21. The maximum atomic E-state index is 3.54. The summed E-state index contributed by atoms with van der Waals surface area (Å²) in [6.45, 7) is 8.61. The second kappa shape index (κ2) is 5.26. The van der Waals surface area contributed by atoms with Crippen LogP contribution in [0.4, 0.5) is 5.69 Å². The normalized spacial score (nSPS) is 12.2. The Hall–Kier alpha value is -1.76. The number of hydrogen-bond donors (Lipinski definition) is 1. The third-order valence-corrected chi connectivity index (χ3v) is 3.18. The van der Waals surface area contributed by atoms with E-state index in [-0.39, 0.29) is 0 Å². The molecule has 0 saturated heterocycles. The van der Waals surface area contributed by atoms with E-state index < -0.39 is 0 Å². The van der Waals surface area contributed by atoms with E-state index in [1.165, 1.54) is 27.9 Å². The van der Waals surface area contributed by atoms with Gasteiger partial charge in [0.1, 0.15) is 0 Å². The first-order valence-electron chi connectivity index (χ1n) is 6.46. The van der Waals surface area contributed by atoms with Gasteiger partial charge >= 0.3 is 0 Å². The van der Waals surface area contributed by atoms with Crippen LogP contribution in [0.2, 0.25) is 0 Å². The summed E-state index contributed by atoms with van der Waals surface area (Å²) in [5.74, 6) is 0. The smallest absolute Gasteiger partial charge is 0.0485 e. The van der Waals surface area contributed by atoms with Gasteiger partial charge in [-0.05, 0) is 45.4 Å². The molecule has 0 aromatic heterocycles. The average Bonchev–Trinajstić information content (AvgIpc) is 2.31. The van der Waals surface area contributed by atoms with Crippen LogP contribution in [-0.4, -0.2) is 0 Å². The Bertz CT molecular complexity index is 506. The topological polar surface area (TPSA) is 12.0 Å². The van der Waals surface area contributed by atoms with Crippen molar-refractivity contribution < 1.29 is 0 Å². The van der Waals surface area contributed by atoms with E-state index in [2.05, 4.69) is 75.5 Å². The van der Waals surface area contributed by atoms with Gasteiger partial charge in [0.2, 0.25) is 0 Å². The van der Waals surface area contributed by atoms with Crippen molar-refractivity contribution in [3.05, 3.63) is 64.7 Å². The van der Waals surface area contributed by atoms with Crippen LogP contribution in [0, 0.1) is 20.8 Å². The molecule has 2 rings (SSSR count). The summed E-state index contributed by atoms with van der Waals surface area (Å²) < 4.78 is 0. The Balaban J connectivity index is 2.16. The molecule has 0 spiro atoms. The SMILES string of the molecule is Cc1ccc(N[C@H](C)c2cc(C)cc(C)c2)cc1. The molecule has 1 atom stereocenters. The van der Waals surface area contributed by atoms with Crippen molar-refractivity contribution in [3.8, 4) is 0 Å². The van der Waals surface area contributed by atoms with E-state index in [0.29, 0.717) is 6.04 Å². The zero-order chi connectivity index (χ0) is 13.1. The van der Waals surface area contributed by atoms with E-state index >= 15 is 0 Å². The van der Waals surface area contributed by atoms with E-state index in [1.807, 2.05) is 0 Å². The molecule has 0 aliphatic rings. The molecule has 18 heavy (non-hydrogen) atoms. The molecule has 1 nitrogen and oxygen atoms in total. The molecule has 0 heterocycles. The first-order chi connectivity index (χ1) is 8.54. The Morgan fingerprint density at radius 1 is 0.778 bits per heavy atom. The molecule has 0 unspecified atom stereocenters. The molecule has 94 valence electrons. The van der Waals surface area contributed by atoms with Gasteiger partial charge in [0.25, 0.3) is 0 Å². The van der Waals surface area contributed by atoms with Crippen LogP contribution in [0.25, 0.3) is 0 Å². The van der Waals surface area contributed by atoms with Crippen molar-refractivity contribution in [1.29, 1.82) is 0 Å². The van der Waals surface area contributed by atoms with Gasteiger partial charge in [-0.25, -0.2) is 0 Å².